The molecule has 0 saturated carbocycles. The maximum absolute atomic E-state index is 13.0. The molecular formula is C21H24FN3S. The van der Waals surface area contributed by atoms with Crippen LogP contribution in [0.4, 0.5) is 9.52 Å². The van der Waals surface area contributed by atoms with Gasteiger partial charge in [0.15, 0.2) is 5.13 Å². The number of piperidine rings is 1. The molecule has 1 fully saturated rings. The predicted octanol–water partition coefficient (Wildman–Crippen LogP) is 4.58. The molecule has 1 aliphatic heterocycles. The summed E-state index contributed by atoms with van der Waals surface area (Å²) in [6.07, 6.45) is 3.31. The maximum Gasteiger partial charge on any atom is 0.186 e. The van der Waals surface area contributed by atoms with Crippen molar-refractivity contribution in [1.82, 2.24) is 9.88 Å². The zero-order chi connectivity index (χ0) is 17.9. The standard InChI is InChI=1S/C21H24FN3S/c1-24(21-23-19-4-2-3-5-20(19)26-21)18-11-14-25(15-12-18)13-10-16-6-8-17(22)9-7-16/h2-9,18H,10-15H2,1H3. The second kappa shape index (κ2) is 7.72. The third-order valence-corrected chi connectivity index (χ3v) is 6.45. The lowest BCUT2D eigenvalue weighted by molar-refractivity contribution is 0.213. The highest BCUT2D eigenvalue weighted by Crippen LogP contribution is 2.30. The van der Waals surface area contributed by atoms with E-state index in [2.05, 4.69) is 35.0 Å². The summed E-state index contributed by atoms with van der Waals surface area (Å²) in [5.41, 5.74) is 2.30. The molecule has 1 saturated heterocycles. The molecule has 0 amide bonds. The molecule has 5 heteroatoms. The Balaban J connectivity index is 1.30. The summed E-state index contributed by atoms with van der Waals surface area (Å²) < 4.78 is 14.2. The molecule has 136 valence electrons. The van der Waals surface area contributed by atoms with Crippen LogP contribution in [0.15, 0.2) is 48.5 Å². The lowest BCUT2D eigenvalue weighted by Gasteiger charge is -2.36. The van der Waals surface area contributed by atoms with Crippen LogP contribution in [-0.2, 0) is 6.42 Å². The van der Waals surface area contributed by atoms with E-state index in [0.717, 1.165) is 49.5 Å². The minimum atomic E-state index is -0.160. The van der Waals surface area contributed by atoms with Crippen LogP contribution in [0.2, 0.25) is 0 Å². The zero-order valence-electron chi connectivity index (χ0n) is 15.1. The summed E-state index contributed by atoms with van der Waals surface area (Å²) in [6.45, 7) is 3.27. The summed E-state index contributed by atoms with van der Waals surface area (Å²) >= 11 is 1.78. The molecule has 4 rings (SSSR count). The molecule has 0 unspecified atom stereocenters. The smallest absolute Gasteiger partial charge is 0.186 e. The molecule has 2 heterocycles. The van der Waals surface area contributed by atoms with Crippen LogP contribution < -0.4 is 4.90 Å². The number of nitrogens with zero attached hydrogens (tertiary/aromatic N) is 3. The van der Waals surface area contributed by atoms with Gasteiger partial charge < -0.3 is 9.80 Å². The monoisotopic (exact) mass is 369 g/mol. The van der Waals surface area contributed by atoms with Crippen molar-refractivity contribution >= 4 is 26.7 Å². The van der Waals surface area contributed by atoms with Gasteiger partial charge in [0.25, 0.3) is 0 Å². The first-order chi connectivity index (χ1) is 12.7. The van der Waals surface area contributed by atoms with Gasteiger partial charge in [-0.05, 0) is 49.1 Å². The van der Waals surface area contributed by atoms with Crippen molar-refractivity contribution in [3.05, 3.63) is 59.9 Å². The van der Waals surface area contributed by atoms with Crippen molar-refractivity contribution in [1.29, 1.82) is 0 Å². The van der Waals surface area contributed by atoms with Crippen LogP contribution >= 0.6 is 11.3 Å². The van der Waals surface area contributed by atoms with Gasteiger partial charge in [0.2, 0.25) is 0 Å². The highest BCUT2D eigenvalue weighted by molar-refractivity contribution is 7.22. The molecule has 0 bridgehead atoms. The normalized spacial score (nSPS) is 16.2. The molecule has 1 aliphatic rings. The van der Waals surface area contributed by atoms with Gasteiger partial charge >= 0.3 is 0 Å². The average molecular weight is 370 g/mol. The van der Waals surface area contributed by atoms with E-state index >= 15 is 0 Å². The minimum Gasteiger partial charge on any atom is -0.348 e. The summed E-state index contributed by atoms with van der Waals surface area (Å²) in [6, 6.07) is 15.8. The van der Waals surface area contributed by atoms with Gasteiger partial charge in [-0.15, -0.1) is 0 Å². The largest absolute Gasteiger partial charge is 0.348 e. The Morgan fingerprint density at radius 1 is 1.12 bits per heavy atom. The molecule has 1 aromatic heterocycles. The van der Waals surface area contributed by atoms with Crippen LogP contribution in [-0.4, -0.2) is 42.6 Å². The van der Waals surface area contributed by atoms with Gasteiger partial charge in [-0.2, -0.15) is 0 Å². The molecule has 3 nitrogen and oxygen atoms in total. The number of likely N-dealkylation sites (tertiary alicyclic amines) is 1. The van der Waals surface area contributed by atoms with E-state index in [0.29, 0.717) is 6.04 Å². The number of hydrogen-bond acceptors (Lipinski definition) is 4. The third-order valence-electron chi connectivity index (χ3n) is 5.32. The molecule has 0 aliphatic carbocycles. The SMILES string of the molecule is CN(c1nc2ccccc2s1)C1CCN(CCc2ccc(F)cc2)CC1. The van der Waals surface area contributed by atoms with Crippen molar-refractivity contribution in [2.75, 3.05) is 31.6 Å². The van der Waals surface area contributed by atoms with Gasteiger partial charge in [0.05, 0.1) is 10.2 Å². The van der Waals surface area contributed by atoms with Crippen molar-refractivity contribution < 1.29 is 4.39 Å². The van der Waals surface area contributed by atoms with Crippen LogP contribution in [0, 0.1) is 5.82 Å². The fourth-order valence-electron chi connectivity index (χ4n) is 3.64. The third kappa shape index (κ3) is 3.89. The molecular weight excluding hydrogens is 345 g/mol. The Bertz CT molecular complexity index is 820. The molecule has 0 N–H and O–H groups in total. The van der Waals surface area contributed by atoms with E-state index in [1.165, 1.54) is 10.3 Å². The molecule has 26 heavy (non-hydrogen) atoms. The number of halogens is 1. The lowest BCUT2D eigenvalue weighted by atomic mass is 10.0. The summed E-state index contributed by atoms with van der Waals surface area (Å²) in [4.78, 5) is 9.67. The number of hydrogen-bond donors (Lipinski definition) is 0. The van der Waals surface area contributed by atoms with Crippen molar-refractivity contribution in [2.45, 2.75) is 25.3 Å². The van der Waals surface area contributed by atoms with E-state index in [-0.39, 0.29) is 5.82 Å². The van der Waals surface area contributed by atoms with Gasteiger partial charge in [0, 0.05) is 32.7 Å². The van der Waals surface area contributed by atoms with Crippen LogP contribution in [0.1, 0.15) is 18.4 Å². The molecule has 2 aromatic carbocycles. The Morgan fingerprint density at radius 2 is 1.85 bits per heavy atom. The fourth-order valence-corrected chi connectivity index (χ4v) is 4.63. The number of aromatic nitrogens is 1. The van der Waals surface area contributed by atoms with Crippen LogP contribution in [0.5, 0.6) is 0 Å². The minimum absolute atomic E-state index is 0.160. The molecule has 0 atom stereocenters. The average Bonchev–Trinajstić information content (AvgIpc) is 3.12. The van der Waals surface area contributed by atoms with E-state index in [4.69, 9.17) is 4.98 Å². The first-order valence-corrected chi connectivity index (χ1v) is 10.1. The Morgan fingerprint density at radius 3 is 2.58 bits per heavy atom. The van der Waals surface area contributed by atoms with E-state index < -0.39 is 0 Å². The van der Waals surface area contributed by atoms with Crippen molar-refractivity contribution in [3.63, 3.8) is 0 Å². The lowest BCUT2D eigenvalue weighted by Crippen LogP contribution is -2.44. The number of thiazole rings is 1. The Kier molecular flexibility index (Phi) is 5.18. The highest BCUT2D eigenvalue weighted by atomic mass is 32.1. The van der Waals surface area contributed by atoms with Gasteiger partial charge in [0.1, 0.15) is 5.82 Å². The van der Waals surface area contributed by atoms with E-state index in [1.54, 1.807) is 23.5 Å². The quantitative estimate of drug-likeness (QED) is 0.656. The van der Waals surface area contributed by atoms with Crippen molar-refractivity contribution in [3.8, 4) is 0 Å². The Labute approximate surface area is 158 Å². The number of para-hydroxylation sites is 1. The Hall–Kier alpha value is -1.98. The van der Waals surface area contributed by atoms with Crippen molar-refractivity contribution in [2.24, 2.45) is 0 Å². The number of rotatable bonds is 5. The second-order valence-electron chi connectivity index (χ2n) is 7.02. The van der Waals surface area contributed by atoms with E-state index in [1.807, 2.05) is 18.2 Å². The first kappa shape index (κ1) is 17.4. The topological polar surface area (TPSA) is 19.4 Å². The highest BCUT2D eigenvalue weighted by Gasteiger charge is 2.24. The summed E-state index contributed by atoms with van der Waals surface area (Å²) in [7, 11) is 2.18. The first-order valence-electron chi connectivity index (χ1n) is 9.24. The number of fused-ring (bicyclic) bond motifs is 1. The van der Waals surface area contributed by atoms with Gasteiger partial charge in [-0.25, -0.2) is 9.37 Å². The predicted molar refractivity (Wildman–Crippen MR) is 108 cm³/mol. The molecule has 0 radical (unpaired) electrons. The van der Waals surface area contributed by atoms with Crippen LogP contribution in [0.25, 0.3) is 10.2 Å². The molecule has 3 aromatic rings. The summed E-state index contributed by atoms with van der Waals surface area (Å²) in [5.74, 6) is -0.160. The zero-order valence-corrected chi connectivity index (χ0v) is 15.9. The number of anilines is 1. The number of benzene rings is 2. The molecule has 0 spiro atoms. The van der Waals surface area contributed by atoms with E-state index in [9.17, 15) is 4.39 Å². The fraction of sp³-hybridized carbons (Fsp3) is 0.381. The maximum atomic E-state index is 13.0. The summed E-state index contributed by atoms with van der Waals surface area (Å²) in [5, 5.41) is 1.12. The van der Waals surface area contributed by atoms with Gasteiger partial charge in [-0.1, -0.05) is 35.6 Å². The van der Waals surface area contributed by atoms with Gasteiger partial charge in [-0.3, -0.25) is 0 Å². The second-order valence-corrected chi connectivity index (χ2v) is 8.03. The van der Waals surface area contributed by atoms with Crippen LogP contribution in [0.3, 0.4) is 0 Å².